The van der Waals surface area contributed by atoms with E-state index in [1.54, 1.807) is 7.11 Å². The van der Waals surface area contributed by atoms with E-state index in [-0.39, 0.29) is 6.04 Å². The van der Waals surface area contributed by atoms with Crippen LogP contribution in [0.15, 0.2) is 47.6 Å². The van der Waals surface area contributed by atoms with Crippen LogP contribution >= 0.6 is 11.6 Å². The van der Waals surface area contributed by atoms with E-state index in [0.29, 0.717) is 11.7 Å². The molecule has 2 N–H and O–H groups in total. The fourth-order valence-corrected chi connectivity index (χ4v) is 3.82. The molecule has 1 atom stereocenters. The fourth-order valence-electron chi connectivity index (χ4n) is 3.71. The Balaban J connectivity index is 1.64. The minimum Gasteiger partial charge on any atom is -0.497 e. The van der Waals surface area contributed by atoms with Gasteiger partial charge in [0.1, 0.15) is 10.9 Å². The third-order valence-corrected chi connectivity index (χ3v) is 5.57. The summed E-state index contributed by atoms with van der Waals surface area (Å²) < 4.78 is 5.32. The highest BCUT2D eigenvalue weighted by Gasteiger charge is 2.23. The topological polar surface area (TPSA) is 61.8 Å². The maximum absolute atomic E-state index is 5.86. The first-order chi connectivity index (χ1) is 14.7. The number of nitrogens with one attached hydrogen (secondary N) is 2. The van der Waals surface area contributed by atoms with Gasteiger partial charge in [-0.3, -0.25) is 9.89 Å². The SMILES string of the molecule is CCNC(=NCC(c1ccc(OC)cc1)N1CCCC1)NCCc1ccc(Cl)nc1. The van der Waals surface area contributed by atoms with E-state index in [9.17, 15) is 0 Å². The largest absolute Gasteiger partial charge is 0.497 e. The fraction of sp³-hybridized carbons (Fsp3) is 0.478. The zero-order valence-electron chi connectivity index (χ0n) is 17.9. The van der Waals surface area contributed by atoms with Crippen molar-refractivity contribution < 1.29 is 4.74 Å². The molecule has 1 aromatic carbocycles. The van der Waals surface area contributed by atoms with Crippen LogP contribution in [0.3, 0.4) is 0 Å². The Morgan fingerprint density at radius 1 is 1.17 bits per heavy atom. The molecule has 1 aliphatic heterocycles. The molecular weight excluding hydrogens is 398 g/mol. The minimum absolute atomic E-state index is 0.273. The number of benzene rings is 1. The normalized spacial score (nSPS) is 15.8. The second-order valence-corrected chi connectivity index (χ2v) is 7.80. The number of halogens is 1. The predicted molar refractivity (Wildman–Crippen MR) is 123 cm³/mol. The molecule has 0 radical (unpaired) electrons. The number of nitrogens with zero attached hydrogens (tertiary/aromatic N) is 3. The summed E-state index contributed by atoms with van der Waals surface area (Å²) in [7, 11) is 1.70. The Labute approximate surface area is 184 Å². The third-order valence-electron chi connectivity index (χ3n) is 5.34. The molecule has 2 heterocycles. The standard InChI is InChI=1S/C23H32ClN5O/c1-3-25-23(26-13-12-18-6-11-22(24)27-16-18)28-17-21(29-14-4-5-15-29)19-7-9-20(30-2)10-8-19/h6-11,16,21H,3-5,12-15,17H2,1-2H3,(H2,25,26,28). The lowest BCUT2D eigenvalue weighted by Gasteiger charge is -2.27. The van der Waals surface area contributed by atoms with Crippen molar-refractivity contribution >= 4 is 17.6 Å². The molecule has 1 aromatic heterocycles. The number of aliphatic imine (C=N–C) groups is 1. The molecule has 162 valence electrons. The number of pyridine rings is 1. The van der Waals surface area contributed by atoms with Gasteiger partial charge in [0.05, 0.1) is 19.7 Å². The Kier molecular flexibility index (Phi) is 8.78. The zero-order valence-corrected chi connectivity index (χ0v) is 18.7. The highest BCUT2D eigenvalue weighted by molar-refractivity contribution is 6.29. The van der Waals surface area contributed by atoms with Crippen molar-refractivity contribution in [3.63, 3.8) is 0 Å². The highest BCUT2D eigenvalue weighted by Crippen LogP contribution is 2.27. The number of ether oxygens (including phenoxy) is 1. The number of hydrogen-bond acceptors (Lipinski definition) is 4. The van der Waals surface area contributed by atoms with Gasteiger partial charge in [0.15, 0.2) is 5.96 Å². The average molecular weight is 430 g/mol. The quantitative estimate of drug-likeness (QED) is 0.361. The third kappa shape index (κ3) is 6.61. The van der Waals surface area contributed by atoms with Crippen LogP contribution in [0.5, 0.6) is 5.75 Å². The van der Waals surface area contributed by atoms with Crippen LogP contribution in [-0.2, 0) is 6.42 Å². The summed E-state index contributed by atoms with van der Waals surface area (Å²) in [6, 6.07) is 12.5. The summed E-state index contributed by atoms with van der Waals surface area (Å²) in [5.74, 6) is 1.73. The first-order valence-corrected chi connectivity index (χ1v) is 11.1. The molecule has 6 nitrogen and oxygen atoms in total. The van der Waals surface area contributed by atoms with Crippen LogP contribution in [0.4, 0.5) is 0 Å². The predicted octanol–water partition coefficient (Wildman–Crippen LogP) is 3.68. The van der Waals surface area contributed by atoms with E-state index in [1.165, 1.54) is 18.4 Å². The molecule has 7 heteroatoms. The monoisotopic (exact) mass is 429 g/mol. The smallest absolute Gasteiger partial charge is 0.191 e. The van der Waals surface area contributed by atoms with Crippen LogP contribution < -0.4 is 15.4 Å². The molecule has 0 spiro atoms. The van der Waals surface area contributed by atoms with E-state index in [1.807, 2.05) is 30.5 Å². The molecule has 30 heavy (non-hydrogen) atoms. The molecule has 2 aromatic rings. The number of aromatic nitrogens is 1. The van der Waals surface area contributed by atoms with E-state index < -0.39 is 0 Å². The number of hydrogen-bond donors (Lipinski definition) is 2. The lowest BCUT2D eigenvalue weighted by molar-refractivity contribution is 0.251. The molecule has 1 unspecified atom stereocenters. The minimum atomic E-state index is 0.273. The van der Waals surface area contributed by atoms with Gasteiger partial charge in [0, 0.05) is 19.3 Å². The van der Waals surface area contributed by atoms with E-state index in [0.717, 1.165) is 49.9 Å². The molecule has 3 rings (SSSR count). The van der Waals surface area contributed by atoms with Gasteiger partial charge in [-0.1, -0.05) is 29.8 Å². The molecule has 0 aliphatic carbocycles. The maximum Gasteiger partial charge on any atom is 0.191 e. The number of rotatable bonds is 9. The second kappa shape index (κ2) is 11.8. The molecular formula is C23H32ClN5O. The number of guanidine groups is 1. The Hall–Kier alpha value is -2.31. The first kappa shape index (κ1) is 22.4. The number of likely N-dealkylation sites (tertiary alicyclic amines) is 1. The van der Waals surface area contributed by atoms with Gasteiger partial charge < -0.3 is 15.4 Å². The zero-order chi connectivity index (χ0) is 21.2. The summed E-state index contributed by atoms with van der Waals surface area (Å²) in [5.41, 5.74) is 2.43. The van der Waals surface area contributed by atoms with Crippen molar-refractivity contribution in [1.82, 2.24) is 20.5 Å². The molecule has 1 aliphatic rings. The van der Waals surface area contributed by atoms with Gasteiger partial charge >= 0.3 is 0 Å². The van der Waals surface area contributed by atoms with E-state index in [2.05, 4.69) is 39.6 Å². The van der Waals surface area contributed by atoms with Crippen molar-refractivity contribution in [2.45, 2.75) is 32.2 Å². The van der Waals surface area contributed by atoms with E-state index in [4.69, 9.17) is 21.3 Å². The van der Waals surface area contributed by atoms with Gasteiger partial charge in [0.25, 0.3) is 0 Å². The van der Waals surface area contributed by atoms with E-state index >= 15 is 0 Å². The summed E-state index contributed by atoms with van der Waals surface area (Å²) in [6.45, 7) is 6.66. The number of methoxy groups -OCH3 is 1. The van der Waals surface area contributed by atoms with Crippen molar-refractivity contribution in [2.24, 2.45) is 4.99 Å². The summed E-state index contributed by atoms with van der Waals surface area (Å²) in [6.07, 6.45) is 5.19. The van der Waals surface area contributed by atoms with Gasteiger partial charge in [-0.05, 0) is 68.6 Å². The lowest BCUT2D eigenvalue weighted by Crippen LogP contribution is -2.39. The van der Waals surface area contributed by atoms with Gasteiger partial charge in [-0.25, -0.2) is 4.98 Å². The second-order valence-electron chi connectivity index (χ2n) is 7.42. The maximum atomic E-state index is 5.86. The van der Waals surface area contributed by atoms with Gasteiger partial charge in [-0.15, -0.1) is 0 Å². The van der Waals surface area contributed by atoms with Crippen molar-refractivity contribution in [3.8, 4) is 5.75 Å². The molecule has 0 saturated carbocycles. The summed E-state index contributed by atoms with van der Waals surface area (Å²) in [5, 5.41) is 7.32. The Bertz CT molecular complexity index is 788. The lowest BCUT2D eigenvalue weighted by atomic mass is 10.1. The molecule has 1 fully saturated rings. The van der Waals surface area contributed by atoms with Crippen LogP contribution in [-0.4, -0.2) is 55.7 Å². The van der Waals surface area contributed by atoms with Crippen LogP contribution in [0.25, 0.3) is 0 Å². The van der Waals surface area contributed by atoms with Crippen molar-refractivity contribution in [3.05, 3.63) is 58.9 Å². The average Bonchev–Trinajstić information content (AvgIpc) is 3.30. The van der Waals surface area contributed by atoms with Crippen molar-refractivity contribution in [2.75, 3.05) is 39.8 Å². The first-order valence-electron chi connectivity index (χ1n) is 10.7. The Morgan fingerprint density at radius 3 is 2.57 bits per heavy atom. The van der Waals surface area contributed by atoms with Gasteiger partial charge in [-0.2, -0.15) is 0 Å². The van der Waals surface area contributed by atoms with Crippen LogP contribution in [0, 0.1) is 0 Å². The summed E-state index contributed by atoms with van der Waals surface area (Å²) in [4.78, 5) is 11.6. The molecule has 0 bridgehead atoms. The molecule has 1 saturated heterocycles. The van der Waals surface area contributed by atoms with Crippen LogP contribution in [0.1, 0.15) is 36.9 Å². The van der Waals surface area contributed by atoms with Crippen molar-refractivity contribution in [1.29, 1.82) is 0 Å². The van der Waals surface area contributed by atoms with Gasteiger partial charge in [0.2, 0.25) is 0 Å². The Morgan fingerprint density at radius 2 is 1.93 bits per heavy atom. The highest BCUT2D eigenvalue weighted by atomic mass is 35.5. The van der Waals surface area contributed by atoms with Crippen LogP contribution in [0.2, 0.25) is 5.15 Å². The molecule has 0 amide bonds. The summed E-state index contributed by atoms with van der Waals surface area (Å²) >= 11 is 5.86.